The molecule has 25 heavy (non-hydrogen) atoms. The summed E-state index contributed by atoms with van der Waals surface area (Å²) >= 11 is 0. The molecule has 4 rings (SSSR count). The first kappa shape index (κ1) is 15.1. The van der Waals surface area contributed by atoms with E-state index < -0.39 is 4.92 Å². The molecule has 0 fully saturated rings. The van der Waals surface area contributed by atoms with Crippen molar-refractivity contribution in [2.24, 2.45) is 4.99 Å². The van der Waals surface area contributed by atoms with Crippen LogP contribution in [0.4, 0.5) is 11.4 Å². The summed E-state index contributed by atoms with van der Waals surface area (Å²) in [5, 5.41) is 20.7. The van der Waals surface area contributed by atoms with Crippen molar-refractivity contribution in [2.75, 3.05) is 0 Å². The quantitative estimate of drug-likeness (QED) is 0.338. The fourth-order valence-corrected chi connectivity index (χ4v) is 3.11. The molecular weight excluding hydrogens is 316 g/mol. The van der Waals surface area contributed by atoms with Crippen LogP contribution in [0.15, 0.2) is 65.7 Å². The Hall–Kier alpha value is -3.47. The number of fused-ring (bicyclic) bond motifs is 3. The summed E-state index contributed by atoms with van der Waals surface area (Å²) in [6, 6.07) is 18.2. The minimum Gasteiger partial charge on any atom is -0.507 e. The smallest absolute Gasteiger partial charge is 0.270 e. The van der Waals surface area contributed by atoms with Gasteiger partial charge in [-0.1, -0.05) is 30.3 Å². The Morgan fingerprint density at radius 3 is 2.64 bits per heavy atom. The van der Waals surface area contributed by atoms with Gasteiger partial charge in [-0.3, -0.25) is 15.1 Å². The second-order valence-electron chi connectivity index (χ2n) is 5.93. The molecule has 0 unspecified atom stereocenters. The largest absolute Gasteiger partial charge is 0.507 e. The van der Waals surface area contributed by atoms with Crippen molar-refractivity contribution < 1.29 is 10.0 Å². The summed E-state index contributed by atoms with van der Waals surface area (Å²) in [6.45, 7) is 0. The molecule has 0 amide bonds. The average Bonchev–Trinajstić information content (AvgIpc) is 2.98. The van der Waals surface area contributed by atoms with Crippen LogP contribution in [-0.4, -0.2) is 16.2 Å². The lowest BCUT2D eigenvalue weighted by molar-refractivity contribution is -0.384. The van der Waals surface area contributed by atoms with Gasteiger partial charge in [0.15, 0.2) is 0 Å². The highest BCUT2D eigenvalue weighted by atomic mass is 16.6. The first-order valence-corrected chi connectivity index (χ1v) is 7.84. The Morgan fingerprint density at radius 1 is 1.00 bits per heavy atom. The molecule has 0 aromatic heterocycles. The van der Waals surface area contributed by atoms with E-state index in [2.05, 4.69) is 17.1 Å². The number of phenols is 1. The Balaban J connectivity index is 1.65. The molecule has 0 aliphatic heterocycles. The lowest BCUT2D eigenvalue weighted by Crippen LogP contribution is -1.90. The third-order valence-corrected chi connectivity index (χ3v) is 4.35. The van der Waals surface area contributed by atoms with Crippen LogP contribution in [0.1, 0.15) is 16.7 Å². The number of aliphatic imine (C=N–C) groups is 1. The molecule has 0 spiro atoms. The summed E-state index contributed by atoms with van der Waals surface area (Å²) < 4.78 is 0. The standard InChI is InChI=1S/C20H14N2O3/c23-20-8-6-17(22(24)25)11-15(20)12-21-16-5-7-19-14(10-16)9-13-3-1-2-4-18(13)19/h1-8,10-12,23H,9H2. The van der Waals surface area contributed by atoms with E-state index in [1.807, 2.05) is 30.3 Å². The highest BCUT2D eigenvalue weighted by Crippen LogP contribution is 2.38. The first-order valence-electron chi connectivity index (χ1n) is 7.84. The summed E-state index contributed by atoms with van der Waals surface area (Å²) in [5.41, 5.74) is 5.96. The van der Waals surface area contributed by atoms with Gasteiger partial charge >= 0.3 is 0 Å². The van der Waals surface area contributed by atoms with E-state index in [9.17, 15) is 15.2 Å². The Bertz CT molecular complexity index is 1030. The molecule has 0 heterocycles. The van der Waals surface area contributed by atoms with Crippen LogP contribution in [0, 0.1) is 10.1 Å². The molecule has 0 saturated carbocycles. The predicted octanol–water partition coefficient (Wildman–Crippen LogP) is 4.62. The number of aromatic hydroxyl groups is 1. The van der Waals surface area contributed by atoms with Crippen molar-refractivity contribution in [1.82, 2.24) is 0 Å². The molecule has 1 aliphatic rings. The molecule has 3 aromatic rings. The maximum absolute atomic E-state index is 10.9. The number of non-ortho nitro benzene ring substituents is 1. The number of nitro groups is 1. The van der Waals surface area contributed by atoms with Crippen molar-refractivity contribution in [3.63, 3.8) is 0 Å². The molecule has 3 aromatic carbocycles. The van der Waals surface area contributed by atoms with Gasteiger partial charge in [0.2, 0.25) is 0 Å². The number of rotatable bonds is 3. The van der Waals surface area contributed by atoms with Crippen LogP contribution in [0.2, 0.25) is 0 Å². The minimum absolute atomic E-state index is 0.0390. The average molecular weight is 330 g/mol. The zero-order valence-electron chi connectivity index (χ0n) is 13.2. The SMILES string of the molecule is O=[N+]([O-])c1ccc(O)c(C=Nc2ccc3c(c2)Cc2ccccc2-3)c1. The molecule has 5 heteroatoms. The van der Waals surface area contributed by atoms with E-state index in [0.29, 0.717) is 5.56 Å². The van der Waals surface area contributed by atoms with Gasteiger partial charge in [-0.25, -0.2) is 0 Å². The lowest BCUT2D eigenvalue weighted by atomic mass is 10.1. The van der Waals surface area contributed by atoms with E-state index >= 15 is 0 Å². The number of nitrogens with zero attached hydrogens (tertiary/aromatic N) is 2. The normalized spacial score (nSPS) is 12.2. The van der Waals surface area contributed by atoms with Crippen LogP contribution in [0.3, 0.4) is 0 Å². The summed E-state index contributed by atoms with van der Waals surface area (Å²) in [7, 11) is 0. The van der Waals surface area contributed by atoms with Crippen LogP contribution >= 0.6 is 0 Å². The lowest BCUT2D eigenvalue weighted by Gasteiger charge is -2.02. The van der Waals surface area contributed by atoms with Gasteiger partial charge in [0.1, 0.15) is 5.75 Å². The molecule has 122 valence electrons. The second-order valence-corrected chi connectivity index (χ2v) is 5.93. The number of hydrogen-bond donors (Lipinski definition) is 1. The van der Waals surface area contributed by atoms with Crippen LogP contribution < -0.4 is 0 Å². The Morgan fingerprint density at radius 2 is 1.80 bits per heavy atom. The van der Waals surface area contributed by atoms with Gasteiger partial charge in [0.05, 0.1) is 10.6 Å². The third-order valence-electron chi connectivity index (χ3n) is 4.35. The monoisotopic (exact) mass is 330 g/mol. The minimum atomic E-state index is -0.497. The van der Waals surface area contributed by atoms with Gasteiger partial charge < -0.3 is 5.11 Å². The highest BCUT2D eigenvalue weighted by molar-refractivity contribution is 5.87. The van der Waals surface area contributed by atoms with Crippen LogP contribution in [0.25, 0.3) is 11.1 Å². The molecule has 5 nitrogen and oxygen atoms in total. The molecule has 1 aliphatic carbocycles. The van der Waals surface area contributed by atoms with Crippen molar-refractivity contribution in [1.29, 1.82) is 0 Å². The van der Waals surface area contributed by atoms with Crippen molar-refractivity contribution in [2.45, 2.75) is 6.42 Å². The fourth-order valence-electron chi connectivity index (χ4n) is 3.11. The first-order chi connectivity index (χ1) is 12.1. The van der Waals surface area contributed by atoms with Gasteiger partial charge in [0.25, 0.3) is 5.69 Å². The van der Waals surface area contributed by atoms with Crippen molar-refractivity contribution in [3.8, 4) is 16.9 Å². The van der Waals surface area contributed by atoms with Crippen molar-refractivity contribution in [3.05, 3.63) is 87.5 Å². The van der Waals surface area contributed by atoms with Crippen molar-refractivity contribution >= 4 is 17.6 Å². The van der Waals surface area contributed by atoms with Crippen LogP contribution in [0.5, 0.6) is 5.75 Å². The van der Waals surface area contributed by atoms with Gasteiger partial charge in [-0.15, -0.1) is 0 Å². The maximum atomic E-state index is 10.9. The zero-order valence-corrected chi connectivity index (χ0v) is 13.2. The summed E-state index contributed by atoms with van der Waals surface area (Å²) in [6.07, 6.45) is 2.32. The van der Waals surface area contributed by atoms with E-state index in [-0.39, 0.29) is 11.4 Å². The molecule has 0 bridgehead atoms. The Kier molecular flexibility index (Phi) is 3.54. The third kappa shape index (κ3) is 2.76. The van der Waals surface area contributed by atoms with Crippen LogP contribution in [-0.2, 0) is 6.42 Å². The van der Waals surface area contributed by atoms with E-state index in [1.165, 1.54) is 46.7 Å². The topological polar surface area (TPSA) is 75.7 Å². The molecule has 0 atom stereocenters. The fraction of sp³-hybridized carbons (Fsp3) is 0.0500. The summed E-state index contributed by atoms with van der Waals surface area (Å²) in [5.74, 6) is -0.0390. The number of benzene rings is 3. The van der Waals surface area contributed by atoms with Gasteiger partial charge in [-0.05, 0) is 46.9 Å². The molecule has 0 saturated heterocycles. The molecular formula is C20H14N2O3. The predicted molar refractivity (Wildman–Crippen MR) is 96.7 cm³/mol. The number of hydrogen-bond acceptors (Lipinski definition) is 4. The maximum Gasteiger partial charge on any atom is 0.270 e. The molecule has 0 radical (unpaired) electrons. The number of nitro benzene ring substituents is 1. The van der Waals surface area contributed by atoms with E-state index in [1.54, 1.807) is 0 Å². The Labute approximate surface area is 144 Å². The summed E-state index contributed by atoms with van der Waals surface area (Å²) in [4.78, 5) is 14.7. The second kappa shape index (κ2) is 5.87. The van der Waals surface area contributed by atoms with E-state index in [0.717, 1.165) is 12.1 Å². The van der Waals surface area contributed by atoms with E-state index in [4.69, 9.17) is 0 Å². The number of phenolic OH excluding ortho intramolecular Hbond substituents is 1. The van der Waals surface area contributed by atoms with Gasteiger partial charge in [-0.2, -0.15) is 0 Å². The molecule has 1 N–H and O–H groups in total. The zero-order chi connectivity index (χ0) is 17.4. The highest BCUT2D eigenvalue weighted by Gasteiger charge is 2.17. The van der Waals surface area contributed by atoms with Gasteiger partial charge in [0, 0.05) is 23.9 Å².